The second-order valence-corrected chi connectivity index (χ2v) is 7.63. The van der Waals surface area contributed by atoms with Crippen LogP contribution in [0.4, 0.5) is 22.4 Å². The van der Waals surface area contributed by atoms with E-state index in [4.69, 9.17) is 11.6 Å². The fraction of sp³-hybridized carbons (Fsp3) is 0.556. The molecule has 28 heavy (non-hydrogen) atoms. The Kier molecular flexibility index (Phi) is 6.02. The molecule has 2 aliphatic rings. The molecule has 5 nitrogen and oxygen atoms in total. The van der Waals surface area contributed by atoms with Crippen LogP contribution < -0.4 is 16.0 Å². The summed E-state index contributed by atoms with van der Waals surface area (Å²) in [7, 11) is 0. The SMILES string of the molecule is O=C1NC[C@@H](C(=O)N[C@H](c2ccc(F)c(Cl)c2)C2CCC(C(F)(F)F)CC2)N1. The van der Waals surface area contributed by atoms with Gasteiger partial charge in [-0.25, -0.2) is 9.18 Å². The molecule has 0 radical (unpaired) electrons. The first kappa shape index (κ1) is 20.7. The molecule has 1 heterocycles. The van der Waals surface area contributed by atoms with Crippen molar-refractivity contribution in [1.82, 2.24) is 16.0 Å². The number of carbonyl (C=O) groups is 2. The van der Waals surface area contributed by atoms with Gasteiger partial charge in [0.2, 0.25) is 5.91 Å². The highest BCUT2D eigenvalue weighted by Crippen LogP contribution is 2.43. The summed E-state index contributed by atoms with van der Waals surface area (Å²) in [6, 6.07) is 2.13. The van der Waals surface area contributed by atoms with E-state index in [2.05, 4.69) is 16.0 Å². The van der Waals surface area contributed by atoms with Gasteiger partial charge in [-0.3, -0.25) is 4.79 Å². The average molecular weight is 422 g/mol. The van der Waals surface area contributed by atoms with Crippen molar-refractivity contribution in [3.63, 3.8) is 0 Å². The number of carbonyl (C=O) groups excluding carboxylic acids is 2. The van der Waals surface area contributed by atoms with Crippen LogP contribution in [0, 0.1) is 17.7 Å². The molecule has 1 saturated heterocycles. The van der Waals surface area contributed by atoms with E-state index < -0.39 is 41.9 Å². The lowest BCUT2D eigenvalue weighted by molar-refractivity contribution is -0.184. The summed E-state index contributed by atoms with van der Waals surface area (Å²) in [4.78, 5) is 23.8. The summed E-state index contributed by atoms with van der Waals surface area (Å²) >= 11 is 5.86. The van der Waals surface area contributed by atoms with E-state index in [1.54, 1.807) is 0 Å². The van der Waals surface area contributed by atoms with E-state index in [9.17, 15) is 27.2 Å². The third kappa shape index (κ3) is 4.68. The average Bonchev–Trinajstić information content (AvgIpc) is 3.08. The van der Waals surface area contributed by atoms with E-state index in [1.807, 2.05) is 0 Å². The molecule has 0 aromatic heterocycles. The van der Waals surface area contributed by atoms with Gasteiger partial charge in [0.15, 0.2) is 0 Å². The number of alkyl halides is 3. The van der Waals surface area contributed by atoms with Crippen molar-refractivity contribution >= 4 is 23.5 Å². The Labute approximate surface area is 164 Å². The number of benzene rings is 1. The van der Waals surface area contributed by atoms with E-state index in [0.29, 0.717) is 5.56 Å². The van der Waals surface area contributed by atoms with Crippen LogP contribution in [0.25, 0.3) is 0 Å². The number of halogens is 5. The first-order chi connectivity index (χ1) is 13.1. The lowest BCUT2D eigenvalue weighted by Gasteiger charge is -2.35. The normalized spacial score (nSPS) is 26.3. The predicted octanol–water partition coefficient (Wildman–Crippen LogP) is 3.69. The molecule has 3 rings (SSSR count). The first-order valence-corrected chi connectivity index (χ1v) is 9.39. The van der Waals surface area contributed by atoms with Crippen LogP contribution in [0.1, 0.15) is 37.3 Å². The number of amides is 3. The molecule has 0 spiro atoms. The van der Waals surface area contributed by atoms with Crippen molar-refractivity contribution in [3.8, 4) is 0 Å². The van der Waals surface area contributed by atoms with Gasteiger partial charge in [-0.15, -0.1) is 0 Å². The smallest absolute Gasteiger partial charge is 0.347 e. The maximum absolute atomic E-state index is 13.5. The maximum Gasteiger partial charge on any atom is 0.391 e. The monoisotopic (exact) mass is 421 g/mol. The minimum absolute atomic E-state index is 0.0306. The van der Waals surface area contributed by atoms with Crippen LogP contribution in [0.2, 0.25) is 5.02 Å². The summed E-state index contributed by atoms with van der Waals surface area (Å²) in [5.41, 5.74) is 0.521. The van der Waals surface area contributed by atoms with Crippen LogP contribution in [-0.4, -0.2) is 30.7 Å². The van der Waals surface area contributed by atoms with Gasteiger partial charge in [-0.1, -0.05) is 17.7 Å². The number of hydrogen-bond acceptors (Lipinski definition) is 2. The molecule has 0 bridgehead atoms. The molecule has 3 N–H and O–H groups in total. The Morgan fingerprint density at radius 2 is 1.89 bits per heavy atom. The van der Waals surface area contributed by atoms with Crippen molar-refractivity contribution in [2.45, 2.75) is 43.9 Å². The zero-order valence-electron chi connectivity index (χ0n) is 14.8. The van der Waals surface area contributed by atoms with Crippen LogP contribution in [0.3, 0.4) is 0 Å². The molecule has 1 saturated carbocycles. The van der Waals surface area contributed by atoms with E-state index in [-0.39, 0.29) is 43.2 Å². The lowest BCUT2D eigenvalue weighted by atomic mass is 9.76. The van der Waals surface area contributed by atoms with Crippen molar-refractivity contribution in [1.29, 1.82) is 0 Å². The molecule has 2 fully saturated rings. The Hall–Kier alpha value is -2.03. The summed E-state index contributed by atoms with van der Waals surface area (Å²) in [6.07, 6.45) is -3.77. The lowest BCUT2D eigenvalue weighted by Crippen LogP contribution is -2.46. The topological polar surface area (TPSA) is 70.2 Å². The molecule has 154 valence electrons. The number of hydrogen-bond donors (Lipinski definition) is 3. The minimum Gasteiger partial charge on any atom is -0.347 e. The summed E-state index contributed by atoms with van der Waals surface area (Å²) < 4.78 is 52.4. The molecular formula is C18H20ClF4N3O2. The van der Waals surface area contributed by atoms with E-state index in [1.165, 1.54) is 12.1 Å². The molecular weight excluding hydrogens is 402 g/mol. The summed E-state index contributed by atoms with van der Waals surface area (Å²) in [5.74, 6) is -2.69. The second-order valence-electron chi connectivity index (χ2n) is 7.22. The third-order valence-electron chi connectivity index (χ3n) is 5.40. The van der Waals surface area contributed by atoms with Crippen molar-refractivity contribution in [2.24, 2.45) is 11.8 Å². The molecule has 1 aromatic carbocycles. The number of nitrogens with one attached hydrogen (secondary N) is 3. The molecule has 10 heteroatoms. The van der Waals surface area contributed by atoms with Crippen LogP contribution in [0.15, 0.2) is 18.2 Å². The zero-order chi connectivity index (χ0) is 20.5. The molecule has 3 amide bonds. The first-order valence-electron chi connectivity index (χ1n) is 9.01. The molecule has 1 aromatic rings. The third-order valence-corrected chi connectivity index (χ3v) is 5.68. The van der Waals surface area contributed by atoms with Gasteiger partial charge >= 0.3 is 12.2 Å². The van der Waals surface area contributed by atoms with E-state index in [0.717, 1.165) is 6.07 Å². The van der Waals surface area contributed by atoms with Gasteiger partial charge in [-0.2, -0.15) is 13.2 Å². The zero-order valence-corrected chi connectivity index (χ0v) is 15.5. The van der Waals surface area contributed by atoms with Gasteiger partial charge in [0, 0.05) is 6.54 Å². The molecule has 1 aliphatic heterocycles. The fourth-order valence-corrected chi connectivity index (χ4v) is 4.02. The Morgan fingerprint density at radius 1 is 1.21 bits per heavy atom. The van der Waals surface area contributed by atoms with Crippen LogP contribution >= 0.6 is 11.6 Å². The highest BCUT2D eigenvalue weighted by atomic mass is 35.5. The Balaban J connectivity index is 1.78. The fourth-order valence-electron chi connectivity index (χ4n) is 3.83. The van der Waals surface area contributed by atoms with Gasteiger partial charge in [0.05, 0.1) is 17.0 Å². The highest BCUT2D eigenvalue weighted by Gasteiger charge is 2.43. The van der Waals surface area contributed by atoms with Gasteiger partial charge in [-0.05, 0) is 49.3 Å². The minimum atomic E-state index is -4.23. The van der Waals surface area contributed by atoms with Crippen molar-refractivity contribution in [2.75, 3.05) is 6.54 Å². The van der Waals surface area contributed by atoms with Crippen LogP contribution in [-0.2, 0) is 4.79 Å². The van der Waals surface area contributed by atoms with Gasteiger partial charge in [0.25, 0.3) is 0 Å². The number of urea groups is 1. The van der Waals surface area contributed by atoms with Crippen molar-refractivity contribution < 1.29 is 27.2 Å². The Morgan fingerprint density at radius 3 is 2.43 bits per heavy atom. The van der Waals surface area contributed by atoms with Gasteiger partial charge in [0.1, 0.15) is 11.9 Å². The number of rotatable bonds is 4. The summed E-state index contributed by atoms with van der Waals surface area (Å²) in [5, 5.41) is 7.62. The van der Waals surface area contributed by atoms with Gasteiger partial charge < -0.3 is 16.0 Å². The van der Waals surface area contributed by atoms with Crippen molar-refractivity contribution in [3.05, 3.63) is 34.6 Å². The predicted molar refractivity (Wildman–Crippen MR) is 94.1 cm³/mol. The Bertz CT molecular complexity index is 751. The van der Waals surface area contributed by atoms with Crippen LogP contribution in [0.5, 0.6) is 0 Å². The largest absolute Gasteiger partial charge is 0.391 e. The second kappa shape index (κ2) is 8.14. The summed E-state index contributed by atoms with van der Waals surface area (Å²) in [6.45, 7) is 0.113. The molecule has 1 aliphatic carbocycles. The molecule has 2 atom stereocenters. The highest BCUT2D eigenvalue weighted by molar-refractivity contribution is 6.30. The quantitative estimate of drug-likeness (QED) is 0.649. The van der Waals surface area contributed by atoms with E-state index >= 15 is 0 Å². The maximum atomic E-state index is 13.5. The standard InChI is InChI=1S/C18H20ClF4N3O2/c19-12-7-10(3-6-13(12)20)15(26-16(27)14-8-24-17(28)25-14)9-1-4-11(5-2-9)18(21,22)23/h3,6-7,9,11,14-15H,1-2,4-5,8H2,(H,26,27)(H2,24,25,28)/t9?,11?,14-,15-/m0/s1. The molecule has 0 unspecified atom stereocenters.